The van der Waals surface area contributed by atoms with Crippen LogP contribution in [0.25, 0.3) is 22.3 Å². The first-order valence-electron chi connectivity index (χ1n) is 12.9. The SMILES string of the molecule is Nc1ncnc2c1ncn2C1OC(CO)C(O)C1OP(=O)(O)O.Nc1ncnc2c1ncn2C1OC(CO)C(OP(=O)(O)O)C1O. The molecule has 0 saturated carbocycles. The lowest BCUT2D eigenvalue weighted by molar-refractivity contribution is -0.0509. The van der Waals surface area contributed by atoms with Crippen molar-refractivity contribution in [1.29, 1.82) is 0 Å². The van der Waals surface area contributed by atoms with Crippen molar-refractivity contribution in [1.82, 2.24) is 39.0 Å². The number of rotatable bonds is 8. The number of phosphoric ester groups is 2. The van der Waals surface area contributed by atoms with Crippen molar-refractivity contribution in [2.45, 2.75) is 49.1 Å². The number of fused-ring (bicyclic) bond motifs is 2. The van der Waals surface area contributed by atoms with Crippen LogP contribution in [0.4, 0.5) is 11.6 Å². The molecule has 4 aromatic rings. The van der Waals surface area contributed by atoms with Gasteiger partial charge in [0.25, 0.3) is 0 Å². The molecule has 46 heavy (non-hydrogen) atoms. The minimum Gasteiger partial charge on any atom is -0.394 e. The van der Waals surface area contributed by atoms with Crippen LogP contribution >= 0.6 is 15.6 Å². The summed E-state index contributed by atoms with van der Waals surface area (Å²) in [5, 5.41) is 38.9. The second-order valence-electron chi connectivity index (χ2n) is 9.76. The van der Waals surface area contributed by atoms with Crippen LogP contribution in [0, 0.1) is 0 Å². The highest BCUT2D eigenvalue weighted by Crippen LogP contribution is 2.46. The van der Waals surface area contributed by atoms with Gasteiger partial charge in [-0.1, -0.05) is 0 Å². The summed E-state index contributed by atoms with van der Waals surface area (Å²) < 4.78 is 44.8. The van der Waals surface area contributed by atoms with Gasteiger partial charge in [-0.05, 0) is 0 Å². The number of aliphatic hydroxyl groups excluding tert-OH is 4. The van der Waals surface area contributed by atoms with E-state index in [9.17, 15) is 29.6 Å². The van der Waals surface area contributed by atoms with Gasteiger partial charge in [0.2, 0.25) is 0 Å². The van der Waals surface area contributed by atoms with Gasteiger partial charge in [0.15, 0.2) is 35.4 Å². The third-order valence-electron chi connectivity index (χ3n) is 6.82. The predicted octanol–water partition coefficient (Wildman–Crippen LogP) is -3.73. The number of aromatic nitrogens is 8. The molecule has 26 heteroatoms. The fraction of sp³-hybridized carbons (Fsp3) is 0.500. The highest BCUT2D eigenvalue weighted by Gasteiger charge is 2.49. The topological polar surface area (TPSA) is 372 Å². The van der Waals surface area contributed by atoms with Crippen molar-refractivity contribution < 1.29 is 67.7 Å². The Kier molecular flexibility index (Phi) is 9.66. The number of ether oxygens (including phenoxy) is 2. The second kappa shape index (κ2) is 13.1. The fourth-order valence-electron chi connectivity index (χ4n) is 4.86. The molecule has 252 valence electrons. The van der Waals surface area contributed by atoms with Crippen molar-refractivity contribution in [3.63, 3.8) is 0 Å². The molecule has 8 unspecified atom stereocenters. The number of hydrogen-bond donors (Lipinski definition) is 10. The molecule has 6 heterocycles. The lowest BCUT2D eigenvalue weighted by atomic mass is 10.1. The van der Waals surface area contributed by atoms with E-state index >= 15 is 0 Å². The third-order valence-corrected chi connectivity index (χ3v) is 7.86. The molecule has 0 aromatic carbocycles. The van der Waals surface area contributed by atoms with E-state index in [-0.39, 0.29) is 34.0 Å². The van der Waals surface area contributed by atoms with E-state index in [1.165, 1.54) is 34.4 Å². The molecule has 6 rings (SSSR count). The van der Waals surface area contributed by atoms with Crippen LogP contribution in [0.15, 0.2) is 25.3 Å². The molecule has 24 nitrogen and oxygen atoms in total. The van der Waals surface area contributed by atoms with E-state index in [0.29, 0.717) is 0 Å². The molecule has 8 atom stereocenters. The van der Waals surface area contributed by atoms with Crippen molar-refractivity contribution >= 4 is 49.6 Å². The van der Waals surface area contributed by atoms with E-state index in [1.54, 1.807) is 0 Å². The van der Waals surface area contributed by atoms with Crippen molar-refractivity contribution in [2.24, 2.45) is 0 Å². The predicted molar refractivity (Wildman–Crippen MR) is 147 cm³/mol. The number of nitrogens with zero attached hydrogens (tertiary/aromatic N) is 8. The number of anilines is 2. The summed E-state index contributed by atoms with van der Waals surface area (Å²) in [7, 11) is -9.79. The van der Waals surface area contributed by atoms with Crippen molar-refractivity contribution in [3.8, 4) is 0 Å². The lowest BCUT2D eigenvalue weighted by Gasteiger charge is -2.21. The van der Waals surface area contributed by atoms with Gasteiger partial charge >= 0.3 is 15.6 Å². The molecular formula is C20H28N10O14P2. The summed E-state index contributed by atoms with van der Waals surface area (Å²) in [6.45, 7) is -1.18. The van der Waals surface area contributed by atoms with Gasteiger partial charge in [0.1, 0.15) is 60.3 Å². The summed E-state index contributed by atoms with van der Waals surface area (Å²) in [6, 6.07) is 0. The van der Waals surface area contributed by atoms with E-state index < -0.39 is 77.9 Å². The monoisotopic (exact) mass is 694 g/mol. The zero-order valence-electron chi connectivity index (χ0n) is 23.0. The Balaban J connectivity index is 0.000000181. The molecule has 12 N–H and O–H groups in total. The van der Waals surface area contributed by atoms with E-state index in [2.05, 4.69) is 39.0 Å². The zero-order valence-corrected chi connectivity index (χ0v) is 24.8. The molecule has 2 aliphatic heterocycles. The van der Waals surface area contributed by atoms with Gasteiger partial charge in [0, 0.05) is 0 Å². The second-order valence-corrected chi connectivity index (χ2v) is 12.1. The van der Waals surface area contributed by atoms with Gasteiger partial charge < -0.3 is 60.9 Å². The van der Waals surface area contributed by atoms with E-state index in [1.807, 2.05) is 0 Å². The smallest absolute Gasteiger partial charge is 0.394 e. The first-order chi connectivity index (χ1) is 21.6. The fourth-order valence-corrected chi connectivity index (χ4v) is 5.99. The maximum atomic E-state index is 11.1. The standard InChI is InChI=1S/2C10H14N5O7P/c11-8-5-9(13-2-12-8)15(3-14-5)10-6(17)7(4(1-16)21-10)22-23(18,19)20;11-8-5-9(13-2-12-8)15(3-14-5)10-7(22-23(18,19)20)6(17)4(1-16)21-10/h2*2-4,6-7,10,16-17H,1H2,(H2,11,12,13)(H2,18,19,20). The van der Waals surface area contributed by atoms with Gasteiger partial charge in [-0.3, -0.25) is 18.2 Å². The molecule has 0 radical (unpaired) electrons. The maximum Gasteiger partial charge on any atom is 0.470 e. The van der Waals surface area contributed by atoms with Gasteiger partial charge in [0.05, 0.1) is 25.9 Å². The molecular weight excluding hydrogens is 666 g/mol. The van der Waals surface area contributed by atoms with Crippen LogP contribution < -0.4 is 11.5 Å². The van der Waals surface area contributed by atoms with Crippen LogP contribution in [0.5, 0.6) is 0 Å². The molecule has 2 aliphatic rings. The Morgan fingerprint density at radius 1 is 0.696 bits per heavy atom. The van der Waals surface area contributed by atoms with E-state index in [4.69, 9.17) is 40.5 Å². The summed E-state index contributed by atoms with van der Waals surface area (Å²) >= 11 is 0. The van der Waals surface area contributed by atoms with Crippen LogP contribution in [0.2, 0.25) is 0 Å². The Labute approximate surface area is 255 Å². The van der Waals surface area contributed by atoms with E-state index in [0.717, 1.165) is 0 Å². The Hall–Kier alpha value is -3.32. The number of imidazole rings is 2. The first kappa shape index (κ1) is 34.0. The number of hydrogen-bond acceptors (Lipinski definition) is 18. The number of phosphoric acid groups is 2. The summed E-state index contributed by atoms with van der Waals surface area (Å²) in [5.41, 5.74) is 12.4. The highest BCUT2D eigenvalue weighted by atomic mass is 31.2. The molecule has 4 aromatic heterocycles. The molecule has 0 bridgehead atoms. The minimum atomic E-state index is -4.91. The van der Waals surface area contributed by atoms with Gasteiger partial charge in [-0.15, -0.1) is 0 Å². The zero-order chi connectivity index (χ0) is 33.6. The van der Waals surface area contributed by atoms with Crippen LogP contribution in [-0.2, 0) is 27.7 Å². The largest absolute Gasteiger partial charge is 0.470 e. The minimum absolute atomic E-state index is 0.110. The van der Waals surface area contributed by atoms with Crippen molar-refractivity contribution in [3.05, 3.63) is 25.3 Å². The maximum absolute atomic E-state index is 11.1. The molecule has 0 aliphatic carbocycles. The Bertz CT molecular complexity index is 1780. The molecule has 2 saturated heterocycles. The van der Waals surface area contributed by atoms with Crippen LogP contribution in [0.3, 0.4) is 0 Å². The highest BCUT2D eigenvalue weighted by molar-refractivity contribution is 7.46. The van der Waals surface area contributed by atoms with Crippen molar-refractivity contribution in [2.75, 3.05) is 24.7 Å². The summed E-state index contributed by atoms with van der Waals surface area (Å²) in [4.78, 5) is 59.4. The number of aliphatic hydroxyl groups is 4. The molecule has 0 spiro atoms. The Morgan fingerprint density at radius 2 is 1.15 bits per heavy atom. The first-order valence-corrected chi connectivity index (χ1v) is 15.9. The quantitative estimate of drug-likeness (QED) is 0.0792. The number of nitrogen functional groups attached to an aromatic ring is 2. The third kappa shape index (κ3) is 6.85. The summed E-state index contributed by atoms with van der Waals surface area (Å²) in [5.74, 6) is 0.237. The normalized spacial score (nSPS) is 28.5. The molecule has 2 fully saturated rings. The lowest BCUT2D eigenvalue weighted by Crippen LogP contribution is -2.35. The van der Waals surface area contributed by atoms with Gasteiger partial charge in [-0.2, -0.15) is 0 Å². The average molecular weight is 694 g/mol. The van der Waals surface area contributed by atoms with Crippen LogP contribution in [-0.4, -0.2) is 129 Å². The Morgan fingerprint density at radius 3 is 1.63 bits per heavy atom. The summed E-state index contributed by atoms with van der Waals surface area (Å²) in [6.07, 6.45) is -5.40. The number of nitrogens with two attached hydrogens (primary N) is 2. The molecule has 0 amide bonds. The average Bonchev–Trinajstić information content (AvgIpc) is 3.74. The van der Waals surface area contributed by atoms with Crippen LogP contribution in [0.1, 0.15) is 12.5 Å². The van der Waals surface area contributed by atoms with Gasteiger partial charge in [-0.25, -0.2) is 39.0 Å².